The van der Waals surface area contributed by atoms with Crippen LogP contribution in [0.15, 0.2) is 58.1 Å². The maximum atomic E-state index is 13.4. The molecule has 1 aliphatic rings. The quantitative estimate of drug-likeness (QED) is 0.609. The number of hydrogen-bond donors (Lipinski definition) is 0. The fourth-order valence-electron chi connectivity index (χ4n) is 3.31. The van der Waals surface area contributed by atoms with Crippen LogP contribution in [0.1, 0.15) is 38.6 Å². The van der Waals surface area contributed by atoms with Gasteiger partial charge < -0.3 is 0 Å². The van der Waals surface area contributed by atoms with Gasteiger partial charge in [-0.05, 0) is 53.9 Å². The molecule has 0 spiro atoms. The van der Waals surface area contributed by atoms with Crippen LogP contribution in [0.5, 0.6) is 0 Å². The van der Waals surface area contributed by atoms with Crippen LogP contribution in [-0.4, -0.2) is 25.1 Å². The predicted octanol–water partition coefficient (Wildman–Crippen LogP) is 4.35. The first-order valence-corrected chi connectivity index (χ1v) is 11.4. The zero-order chi connectivity index (χ0) is 18.3. The Morgan fingerprint density at radius 1 is 1.12 bits per heavy atom. The van der Waals surface area contributed by atoms with Crippen LogP contribution in [0.25, 0.3) is 0 Å². The summed E-state index contributed by atoms with van der Waals surface area (Å²) >= 11 is 3.24. The second kappa shape index (κ2) is 6.74. The second-order valence-corrected chi connectivity index (χ2v) is 10.0. The van der Waals surface area contributed by atoms with E-state index in [1.807, 2.05) is 29.0 Å². The van der Waals surface area contributed by atoms with Crippen molar-refractivity contribution >= 4 is 38.5 Å². The topological polar surface area (TPSA) is 54.5 Å². The highest BCUT2D eigenvalue weighted by atomic mass is 32.2. The Bertz CT molecular complexity index is 1050. The monoisotopic (exact) mass is 403 g/mol. The molecule has 4 rings (SSSR count). The number of benzene rings is 1. The molecule has 0 unspecified atom stereocenters. The van der Waals surface area contributed by atoms with Gasteiger partial charge in [0, 0.05) is 21.9 Å². The number of carbonyl (C=O) groups is 1. The molecule has 1 aliphatic heterocycles. The largest absolute Gasteiger partial charge is 0.295 e. The lowest BCUT2D eigenvalue weighted by Gasteiger charge is -2.34. The third-order valence-electron chi connectivity index (χ3n) is 4.58. The molecule has 3 aromatic rings. The van der Waals surface area contributed by atoms with Gasteiger partial charge in [0.2, 0.25) is 10.0 Å². The predicted molar refractivity (Wildman–Crippen MR) is 105 cm³/mol. The number of Topliss-reactive ketones (excluding diaryl/α,β-unsaturated/α-hetero) is 1. The molecular formula is C19H17NO3S3. The molecule has 7 heteroatoms. The molecule has 26 heavy (non-hydrogen) atoms. The SMILES string of the molecule is CC(=O)c1cccc(S(=O)(=O)N2CCc3sccc3[C@@H]2c2cccs2)c1. The van der Waals surface area contributed by atoms with Crippen LogP contribution in [0.4, 0.5) is 0 Å². The number of nitrogens with zero attached hydrogens (tertiary/aromatic N) is 1. The van der Waals surface area contributed by atoms with E-state index in [-0.39, 0.29) is 16.7 Å². The second-order valence-electron chi connectivity index (χ2n) is 6.17. The summed E-state index contributed by atoms with van der Waals surface area (Å²) in [5, 5.41) is 3.99. The third-order valence-corrected chi connectivity index (χ3v) is 8.36. The lowest BCUT2D eigenvalue weighted by atomic mass is 10.0. The van der Waals surface area contributed by atoms with Crippen molar-refractivity contribution in [1.29, 1.82) is 0 Å². The normalized spacial score (nSPS) is 17.8. The van der Waals surface area contributed by atoms with Crippen LogP contribution < -0.4 is 0 Å². The Hall–Kier alpha value is -1.80. The van der Waals surface area contributed by atoms with E-state index in [0.717, 1.165) is 10.4 Å². The lowest BCUT2D eigenvalue weighted by molar-refractivity contribution is 0.101. The van der Waals surface area contributed by atoms with Crippen molar-refractivity contribution in [3.63, 3.8) is 0 Å². The molecule has 0 saturated heterocycles. The van der Waals surface area contributed by atoms with E-state index in [4.69, 9.17) is 0 Å². The van der Waals surface area contributed by atoms with Crippen molar-refractivity contribution in [2.45, 2.75) is 24.3 Å². The summed E-state index contributed by atoms with van der Waals surface area (Å²) in [6.07, 6.45) is 0.709. The van der Waals surface area contributed by atoms with E-state index >= 15 is 0 Å². The maximum Gasteiger partial charge on any atom is 0.244 e. The molecule has 0 N–H and O–H groups in total. The van der Waals surface area contributed by atoms with E-state index < -0.39 is 10.0 Å². The summed E-state index contributed by atoms with van der Waals surface area (Å²) in [6, 6.07) is 12.0. The first-order valence-electron chi connectivity index (χ1n) is 8.21. The molecule has 1 aromatic carbocycles. The first-order chi connectivity index (χ1) is 12.5. The molecule has 0 bridgehead atoms. The van der Waals surface area contributed by atoms with Crippen LogP contribution >= 0.6 is 22.7 Å². The van der Waals surface area contributed by atoms with Crippen LogP contribution in [0.2, 0.25) is 0 Å². The molecule has 0 amide bonds. The van der Waals surface area contributed by atoms with E-state index in [1.54, 1.807) is 45.2 Å². The molecule has 0 radical (unpaired) electrons. The summed E-state index contributed by atoms with van der Waals surface area (Å²) in [5.41, 5.74) is 1.47. The van der Waals surface area contributed by atoms with Gasteiger partial charge in [-0.15, -0.1) is 22.7 Å². The molecule has 1 atom stereocenters. The molecule has 0 aliphatic carbocycles. The van der Waals surface area contributed by atoms with E-state index in [2.05, 4.69) is 0 Å². The van der Waals surface area contributed by atoms with Gasteiger partial charge in [0.1, 0.15) is 0 Å². The highest BCUT2D eigenvalue weighted by molar-refractivity contribution is 7.89. The summed E-state index contributed by atoms with van der Waals surface area (Å²) in [5.74, 6) is -0.143. The third kappa shape index (κ3) is 2.95. The summed E-state index contributed by atoms with van der Waals surface area (Å²) in [4.78, 5) is 14.1. The standard InChI is InChI=1S/C19H17NO3S3/c1-13(21)14-4-2-5-15(12-14)26(22,23)20-9-7-17-16(8-11-25-17)19(20)18-6-3-10-24-18/h2-6,8,10-12,19H,7,9H2,1H3/t19-/m1/s1. The molecule has 2 aromatic heterocycles. The van der Waals surface area contributed by atoms with Crippen LogP contribution in [-0.2, 0) is 16.4 Å². The number of ketones is 1. The average molecular weight is 404 g/mol. The van der Waals surface area contributed by atoms with Crippen molar-refractivity contribution in [3.8, 4) is 0 Å². The Morgan fingerprint density at radius 3 is 2.69 bits per heavy atom. The van der Waals surface area contributed by atoms with Gasteiger partial charge in [0.05, 0.1) is 10.9 Å². The zero-order valence-electron chi connectivity index (χ0n) is 14.1. The molecule has 0 fully saturated rings. The minimum atomic E-state index is -3.72. The molecular weight excluding hydrogens is 386 g/mol. The van der Waals surface area contributed by atoms with Crippen molar-refractivity contribution in [3.05, 3.63) is 74.1 Å². The van der Waals surface area contributed by atoms with Gasteiger partial charge in [-0.2, -0.15) is 4.31 Å². The van der Waals surface area contributed by atoms with Crippen molar-refractivity contribution in [2.24, 2.45) is 0 Å². The van der Waals surface area contributed by atoms with E-state index in [0.29, 0.717) is 18.5 Å². The first kappa shape index (κ1) is 17.6. The van der Waals surface area contributed by atoms with Gasteiger partial charge in [-0.3, -0.25) is 4.79 Å². The lowest BCUT2D eigenvalue weighted by Crippen LogP contribution is -2.39. The van der Waals surface area contributed by atoms with Crippen molar-refractivity contribution < 1.29 is 13.2 Å². The van der Waals surface area contributed by atoms with Crippen molar-refractivity contribution in [2.75, 3.05) is 6.54 Å². The summed E-state index contributed by atoms with van der Waals surface area (Å²) < 4.78 is 28.4. The molecule has 4 nitrogen and oxygen atoms in total. The van der Waals surface area contributed by atoms with Gasteiger partial charge in [0.25, 0.3) is 0 Å². The van der Waals surface area contributed by atoms with E-state index in [1.165, 1.54) is 17.9 Å². The summed E-state index contributed by atoms with van der Waals surface area (Å²) in [7, 11) is -3.72. The van der Waals surface area contributed by atoms with Gasteiger partial charge in [-0.25, -0.2) is 8.42 Å². The fourth-order valence-corrected chi connectivity index (χ4v) is 6.76. The van der Waals surface area contributed by atoms with Crippen LogP contribution in [0.3, 0.4) is 0 Å². The molecule has 3 heterocycles. The fraction of sp³-hybridized carbons (Fsp3) is 0.211. The van der Waals surface area contributed by atoms with Gasteiger partial charge in [-0.1, -0.05) is 18.2 Å². The highest BCUT2D eigenvalue weighted by Gasteiger charge is 2.38. The number of hydrogen-bond acceptors (Lipinski definition) is 5. The zero-order valence-corrected chi connectivity index (χ0v) is 16.5. The van der Waals surface area contributed by atoms with E-state index in [9.17, 15) is 13.2 Å². The Balaban J connectivity index is 1.83. The number of carbonyl (C=O) groups excluding carboxylic acids is 1. The Morgan fingerprint density at radius 2 is 1.96 bits per heavy atom. The minimum Gasteiger partial charge on any atom is -0.295 e. The number of thiophene rings is 2. The Labute approximate surface area is 160 Å². The molecule has 0 saturated carbocycles. The minimum absolute atomic E-state index is 0.143. The van der Waals surface area contributed by atoms with Gasteiger partial charge >= 0.3 is 0 Å². The Kier molecular flexibility index (Phi) is 4.56. The maximum absolute atomic E-state index is 13.4. The van der Waals surface area contributed by atoms with Gasteiger partial charge in [0.15, 0.2) is 5.78 Å². The summed E-state index contributed by atoms with van der Waals surface area (Å²) in [6.45, 7) is 1.88. The highest BCUT2D eigenvalue weighted by Crippen LogP contribution is 2.42. The number of sulfonamides is 1. The molecule has 134 valence electrons. The smallest absolute Gasteiger partial charge is 0.244 e. The average Bonchev–Trinajstić information content (AvgIpc) is 3.32. The number of fused-ring (bicyclic) bond motifs is 1. The number of rotatable bonds is 4. The van der Waals surface area contributed by atoms with Crippen molar-refractivity contribution in [1.82, 2.24) is 4.31 Å². The van der Waals surface area contributed by atoms with Crippen LogP contribution in [0, 0.1) is 0 Å².